The first-order chi connectivity index (χ1) is 11.2. The highest BCUT2D eigenvalue weighted by molar-refractivity contribution is 5.18. The van der Waals surface area contributed by atoms with Crippen LogP contribution in [0.3, 0.4) is 0 Å². The van der Waals surface area contributed by atoms with Crippen LogP contribution in [-0.4, -0.2) is 53.2 Å². The molecule has 3 rings (SSSR count). The highest BCUT2D eigenvalue weighted by atomic mass is 19.1. The number of rotatable bonds is 5. The molecule has 1 N–H and O–H groups in total. The third-order valence-electron chi connectivity index (χ3n) is 5.20. The standard InChI is InChI=1S/C18H26F2N2O/c19-15-9-14(10-16(20)11-15)12-21-6-7-22(17-3-1-2-4-17)18(13-21)5-8-23/h9-11,17-18,23H,1-8,12-13H2/t18-/m1/s1. The Morgan fingerprint density at radius 3 is 2.39 bits per heavy atom. The van der Waals surface area contributed by atoms with Crippen LogP contribution >= 0.6 is 0 Å². The Kier molecular flexibility index (Phi) is 5.62. The van der Waals surface area contributed by atoms with Gasteiger partial charge in [0.1, 0.15) is 11.6 Å². The summed E-state index contributed by atoms with van der Waals surface area (Å²) in [5, 5.41) is 9.38. The van der Waals surface area contributed by atoms with Crippen molar-refractivity contribution in [3.8, 4) is 0 Å². The third kappa shape index (κ3) is 4.28. The molecule has 1 aliphatic carbocycles. The fraction of sp³-hybridized carbons (Fsp3) is 0.667. The van der Waals surface area contributed by atoms with E-state index in [0.29, 0.717) is 24.2 Å². The summed E-state index contributed by atoms with van der Waals surface area (Å²) in [6, 6.07) is 4.73. The van der Waals surface area contributed by atoms with E-state index in [-0.39, 0.29) is 6.61 Å². The van der Waals surface area contributed by atoms with Gasteiger partial charge in [-0.15, -0.1) is 0 Å². The lowest BCUT2D eigenvalue weighted by molar-refractivity contribution is 0.0267. The number of aliphatic hydroxyl groups is 1. The molecule has 0 aromatic heterocycles. The normalized spacial score (nSPS) is 24.4. The molecule has 1 aliphatic heterocycles. The van der Waals surface area contributed by atoms with Crippen LogP contribution in [0.1, 0.15) is 37.7 Å². The Morgan fingerprint density at radius 1 is 1.04 bits per heavy atom. The summed E-state index contributed by atoms with van der Waals surface area (Å²) in [4.78, 5) is 4.81. The highest BCUT2D eigenvalue weighted by Gasteiger charge is 2.32. The monoisotopic (exact) mass is 324 g/mol. The summed E-state index contributed by atoms with van der Waals surface area (Å²) < 4.78 is 26.7. The predicted molar refractivity (Wildman–Crippen MR) is 86.1 cm³/mol. The molecule has 0 bridgehead atoms. The lowest BCUT2D eigenvalue weighted by Crippen LogP contribution is -2.56. The number of aliphatic hydroxyl groups excluding tert-OH is 1. The second-order valence-corrected chi connectivity index (χ2v) is 6.86. The van der Waals surface area contributed by atoms with Gasteiger partial charge in [-0.1, -0.05) is 12.8 Å². The van der Waals surface area contributed by atoms with Crippen LogP contribution < -0.4 is 0 Å². The van der Waals surface area contributed by atoms with E-state index in [2.05, 4.69) is 9.80 Å². The largest absolute Gasteiger partial charge is 0.396 e. The molecule has 1 aromatic carbocycles. The lowest BCUT2D eigenvalue weighted by atomic mass is 10.0. The Bertz CT molecular complexity index is 499. The summed E-state index contributed by atoms with van der Waals surface area (Å²) >= 11 is 0. The zero-order chi connectivity index (χ0) is 16.2. The molecule has 23 heavy (non-hydrogen) atoms. The quantitative estimate of drug-likeness (QED) is 0.902. The minimum Gasteiger partial charge on any atom is -0.396 e. The second kappa shape index (κ2) is 7.69. The van der Waals surface area contributed by atoms with E-state index in [4.69, 9.17) is 0 Å². The van der Waals surface area contributed by atoms with Crippen molar-refractivity contribution in [2.45, 2.75) is 50.7 Å². The van der Waals surface area contributed by atoms with Crippen molar-refractivity contribution in [2.24, 2.45) is 0 Å². The predicted octanol–water partition coefficient (Wildman–Crippen LogP) is 2.78. The fourth-order valence-corrected chi connectivity index (χ4v) is 4.16. The van der Waals surface area contributed by atoms with E-state index < -0.39 is 11.6 Å². The maximum absolute atomic E-state index is 13.3. The van der Waals surface area contributed by atoms with Gasteiger partial charge in [0.25, 0.3) is 0 Å². The van der Waals surface area contributed by atoms with E-state index in [1.54, 1.807) is 0 Å². The van der Waals surface area contributed by atoms with Crippen LogP contribution in [0.5, 0.6) is 0 Å². The molecular formula is C18H26F2N2O. The maximum atomic E-state index is 13.3. The van der Waals surface area contributed by atoms with Crippen LogP contribution in [0, 0.1) is 11.6 Å². The summed E-state index contributed by atoms with van der Waals surface area (Å²) in [5.41, 5.74) is 0.680. The van der Waals surface area contributed by atoms with Gasteiger partial charge in [0, 0.05) is 50.9 Å². The summed E-state index contributed by atoms with van der Waals surface area (Å²) in [5.74, 6) is -1.03. The van der Waals surface area contributed by atoms with E-state index in [1.807, 2.05) is 0 Å². The molecule has 0 spiro atoms. The van der Waals surface area contributed by atoms with Gasteiger partial charge >= 0.3 is 0 Å². The van der Waals surface area contributed by atoms with Gasteiger partial charge in [0.05, 0.1) is 0 Å². The topological polar surface area (TPSA) is 26.7 Å². The van der Waals surface area contributed by atoms with Crippen molar-refractivity contribution < 1.29 is 13.9 Å². The maximum Gasteiger partial charge on any atom is 0.126 e. The van der Waals surface area contributed by atoms with Crippen molar-refractivity contribution in [1.82, 2.24) is 9.80 Å². The fourth-order valence-electron chi connectivity index (χ4n) is 4.16. The SMILES string of the molecule is OCC[C@@H]1CN(Cc2cc(F)cc(F)c2)CCN1C1CCCC1. The highest BCUT2D eigenvalue weighted by Crippen LogP contribution is 2.28. The van der Waals surface area contributed by atoms with Gasteiger partial charge in [0.2, 0.25) is 0 Å². The zero-order valence-electron chi connectivity index (χ0n) is 13.6. The number of hydrogen-bond donors (Lipinski definition) is 1. The van der Waals surface area contributed by atoms with Gasteiger partial charge in [-0.3, -0.25) is 9.80 Å². The summed E-state index contributed by atoms with van der Waals surface area (Å²) in [6.07, 6.45) is 5.90. The molecule has 5 heteroatoms. The Hall–Kier alpha value is -1.04. The number of piperazine rings is 1. The van der Waals surface area contributed by atoms with Gasteiger partial charge in [-0.05, 0) is 37.0 Å². The van der Waals surface area contributed by atoms with E-state index >= 15 is 0 Å². The van der Waals surface area contributed by atoms with Crippen LogP contribution in [0.2, 0.25) is 0 Å². The molecule has 2 aliphatic rings. The van der Waals surface area contributed by atoms with Crippen molar-refractivity contribution in [1.29, 1.82) is 0 Å². The van der Waals surface area contributed by atoms with Gasteiger partial charge in [0.15, 0.2) is 0 Å². The average molecular weight is 324 g/mol. The van der Waals surface area contributed by atoms with E-state index in [9.17, 15) is 13.9 Å². The minimum atomic E-state index is -0.517. The van der Waals surface area contributed by atoms with E-state index in [1.165, 1.54) is 37.8 Å². The average Bonchev–Trinajstić information content (AvgIpc) is 3.01. The molecule has 3 nitrogen and oxygen atoms in total. The lowest BCUT2D eigenvalue weighted by Gasteiger charge is -2.44. The number of hydrogen-bond acceptors (Lipinski definition) is 3. The van der Waals surface area contributed by atoms with Crippen molar-refractivity contribution in [3.05, 3.63) is 35.4 Å². The molecule has 1 saturated heterocycles. The first-order valence-electron chi connectivity index (χ1n) is 8.69. The number of halogens is 2. The van der Waals surface area contributed by atoms with Crippen LogP contribution in [-0.2, 0) is 6.54 Å². The Balaban J connectivity index is 1.64. The number of benzene rings is 1. The molecule has 1 saturated carbocycles. The minimum absolute atomic E-state index is 0.191. The first-order valence-corrected chi connectivity index (χ1v) is 8.69. The van der Waals surface area contributed by atoms with Crippen molar-refractivity contribution in [3.63, 3.8) is 0 Å². The summed E-state index contributed by atoms with van der Waals surface area (Å²) in [6.45, 7) is 3.50. The molecule has 1 aromatic rings. The van der Waals surface area contributed by atoms with Crippen molar-refractivity contribution >= 4 is 0 Å². The molecule has 0 radical (unpaired) electrons. The van der Waals surface area contributed by atoms with Gasteiger partial charge in [-0.2, -0.15) is 0 Å². The van der Waals surface area contributed by atoms with Gasteiger partial charge < -0.3 is 5.11 Å². The zero-order valence-corrected chi connectivity index (χ0v) is 13.6. The molecule has 0 unspecified atom stereocenters. The molecular weight excluding hydrogens is 298 g/mol. The molecule has 128 valence electrons. The smallest absolute Gasteiger partial charge is 0.126 e. The molecule has 1 atom stereocenters. The first kappa shape index (κ1) is 16.8. The molecule has 2 fully saturated rings. The van der Waals surface area contributed by atoms with Gasteiger partial charge in [-0.25, -0.2) is 8.78 Å². The van der Waals surface area contributed by atoms with Crippen LogP contribution in [0.4, 0.5) is 8.78 Å². The molecule has 0 amide bonds. The van der Waals surface area contributed by atoms with E-state index in [0.717, 1.165) is 32.1 Å². The van der Waals surface area contributed by atoms with Crippen LogP contribution in [0.25, 0.3) is 0 Å². The second-order valence-electron chi connectivity index (χ2n) is 6.86. The summed E-state index contributed by atoms with van der Waals surface area (Å²) in [7, 11) is 0. The molecule has 1 heterocycles. The third-order valence-corrected chi connectivity index (χ3v) is 5.20. The number of nitrogens with zero attached hydrogens (tertiary/aromatic N) is 2. The van der Waals surface area contributed by atoms with Crippen LogP contribution in [0.15, 0.2) is 18.2 Å². The Morgan fingerprint density at radius 2 is 1.74 bits per heavy atom. The Labute approximate surface area is 136 Å². The van der Waals surface area contributed by atoms with Crippen molar-refractivity contribution in [2.75, 3.05) is 26.2 Å².